The molecule has 0 unspecified atom stereocenters. The molecule has 1 rings (SSSR count). The van der Waals surface area contributed by atoms with Crippen LogP contribution in [0.2, 0.25) is 0 Å². The first-order valence-electron chi connectivity index (χ1n) is 2.42. The van der Waals surface area contributed by atoms with E-state index >= 15 is 0 Å². The van der Waals surface area contributed by atoms with Gasteiger partial charge in [-0.2, -0.15) is 0 Å². The lowest BCUT2D eigenvalue weighted by Gasteiger charge is -1.90. The standard InChI is InChI=1S/C3H9N.C2H4O.ClH/c1-4(2)3;1-2-3-1;/h1-3H3;1-2H2;1H. The van der Waals surface area contributed by atoms with Gasteiger partial charge in [-0.15, -0.1) is 12.4 Å². The second-order valence-corrected chi connectivity index (χ2v) is 1.95. The summed E-state index contributed by atoms with van der Waals surface area (Å²) in [6.45, 7) is 2.00. The highest BCUT2D eigenvalue weighted by Gasteiger charge is 1.94. The van der Waals surface area contributed by atoms with Gasteiger partial charge in [0, 0.05) is 0 Å². The minimum Gasteiger partial charge on any atom is -0.377 e. The Morgan fingerprint density at radius 3 is 1.25 bits per heavy atom. The van der Waals surface area contributed by atoms with Gasteiger partial charge in [0.25, 0.3) is 0 Å². The van der Waals surface area contributed by atoms with Crippen molar-refractivity contribution in [1.82, 2.24) is 4.90 Å². The number of hydrogen-bond acceptors (Lipinski definition) is 2. The molecular weight excluding hydrogens is 126 g/mol. The summed E-state index contributed by atoms with van der Waals surface area (Å²) < 4.78 is 4.50. The lowest BCUT2D eigenvalue weighted by molar-refractivity contribution is 0.475. The van der Waals surface area contributed by atoms with Gasteiger partial charge >= 0.3 is 0 Å². The molecule has 0 aromatic carbocycles. The monoisotopic (exact) mass is 139 g/mol. The number of epoxide rings is 1. The van der Waals surface area contributed by atoms with Crippen LogP contribution in [0.5, 0.6) is 0 Å². The molecule has 0 bridgehead atoms. The van der Waals surface area contributed by atoms with Gasteiger partial charge < -0.3 is 9.64 Å². The maximum atomic E-state index is 4.50. The van der Waals surface area contributed by atoms with E-state index in [1.807, 2.05) is 26.0 Å². The van der Waals surface area contributed by atoms with Crippen LogP contribution in [0.1, 0.15) is 0 Å². The number of ether oxygens (including phenoxy) is 1. The van der Waals surface area contributed by atoms with Crippen molar-refractivity contribution in [3.63, 3.8) is 0 Å². The van der Waals surface area contributed by atoms with Crippen LogP contribution in [0.3, 0.4) is 0 Å². The van der Waals surface area contributed by atoms with Crippen molar-refractivity contribution in [3.8, 4) is 0 Å². The van der Waals surface area contributed by atoms with Crippen molar-refractivity contribution in [2.75, 3.05) is 34.4 Å². The fraction of sp³-hybridized carbons (Fsp3) is 1.00. The van der Waals surface area contributed by atoms with E-state index in [-0.39, 0.29) is 12.4 Å². The predicted octanol–water partition coefficient (Wildman–Crippen LogP) is 0.616. The Bertz CT molecular complexity index is 33.9. The molecule has 2 nitrogen and oxygen atoms in total. The summed E-state index contributed by atoms with van der Waals surface area (Å²) in [5.74, 6) is 0. The fourth-order valence-corrected chi connectivity index (χ4v) is 0. The van der Waals surface area contributed by atoms with Crippen molar-refractivity contribution in [3.05, 3.63) is 0 Å². The third-order valence-corrected chi connectivity index (χ3v) is 0.204. The zero-order valence-corrected chi connectivity index (χ0v) is 6.49. The lowest BCUT2D eigenvalue weighted by Crippen LogP contribution is -1.99. The molecule has 1 saturated heterocycles. The zero-order chi connectivity index (χ0) is 5.70. The van der Waals surface area contributed by atoms with E-state index in [9.17, 15) is 0 Å². The molecule has 3 heteroatoms. The van der Waals surface area contributed by atoms with Crippen LogP contribution < -0.4 is 0 Å². The maximum Gasteiger partial charge on any atom is 0.0701 e. The largest absolute Gasteiger partial charge is 0.377 e. The second kappa shape index (κ2) is 7.21. The number of halogens is 1. The Hall–Kier alpha value is 0.210. The molecular formula is C5H14ClNO. The van der Waals surface area contributed by atoms with E-state index < -0.39 is 0 Å². The molecule has 0 aromatic heterocycles. The molecule has 0 N–H and O–H groups in total. The topological polar surface area (TPSA) is 15.8 Å². The first kappa shape index (κ1) is 11.1. The molecule has 1 aliphatic heterocycles. The van der Waals surface area contributed by atoms with Gasteiger partial charge in [0.05, 0.1) is 13.2 Å². The molecule has 0 radical (unpaired) electrons. The number of rotatable bonds is 0. The van der Waals surface area contributed by atoms with E-state index in [0.29, 0.717) is 0 Å². The van der Waals surface area contributed by atoms with E-state index in [0.717, 1.165) is 13.2 Å². The van der Waals surface area contributed by atoms with E-state index in [1.54, 1.807) is 0 Å². The van der Waals surface area contributed by atoms with Gasteiger partial charge in [0.2, 0.25) is 0 Å². The van der Waals surface area contributed by atoms with Gasteiger partial charge in [-0.25, -0.2) is 0 Å². The van der Waals surface area contributed by atoms with Crippen LogP contribution in [0, 0.1) is 0 Å². The first-order chi connectivity index (χ1) is 3.23. The Morgan fingerprint density at radius 2 is 1.25 bits per heavy atom. The Balaban J connectivity index is 0. The van der Waals surface area contributed by atoms with Gasteiger partial charge in [0.15, 0.2) is 0 Å². The van der Waals surface area contributed by atoms with Crippen molar-refractivity contribution >= 4 is 12.4 Å². The van der Waals surface area contributed by atoms with Crippen LogP contribution in [-0.4, -0.2) is 39.3 Å². The molecule has 0 spiro atoms. The molecule has 1 fully saturated rings. The summed E-state index contributed by atoms with van der Waals surface area (Å²) in [6.07, 6.45) is 0. The molecule has 0 aromatic rings. The average molecular weight is 140 g/mol. The van der Waals surface area contributed by atoms with Gasteiger partial charge in [-0.1, -0.05) is 0 Å². The molecule has 8 heavy (non-hydrogen) atoms. The van der Waals surface area contributed by atoms with Gasteiger partial charge in [-0.05, 0) is 21.1 Å². The second-order valence-electron chi connectivity index (χ2n) is 1.95. The molecule has 1 aliphatic rings. The molecule has 0 atom stereocenters. The van der Waals surface area contributed by atoms with Crippen LogP contribution in [0.15, 0.2) is 0 Å². The number of nitrogens with zero attached hydrogens (tertiary/aromatic N) is 1. The average Bonchev–Trinajstić information content (AvgIpc) is 2.02. The van der Waals surface area contributed by atoms with E-state index in [2.05, 4.69) is 4.74 Å². The lowest BCUT2D eigenvalue weighted by atomic mass is 11.0. The van der Waals surface area contributed by atoms with Crippen LogP contribution in [0.25, 0.3) is 0 Å². The molecule has 0 amide bonds. The Kier molecular flexibility index (Phi) is 9.97. The maximum absolute atomic E-state index is 4.50. The SMILES string of the molecule is C1CO1.CN(C)C.Cl. The highest BCUT2D eigenvalue weighted by Crippen LogP contribution is 1.84. The summed E-state index contributed by atoms with van der Waals surface area (Å²) in [5.41, 5.74) is 0. The van der Waals surface area contributed by atoms with E-state index in [4.69, 9.17) is 0 Å². The smallest absolute Gasteiger partial charge is 0.0701 e. The van der Waals surface area contributed by atoms with E-state index in [1.165, 1.54) is 0 Å². The minimum absolute atomic E-state index is 0. The fourth-order valence-electron chi connectivity index (χ4n) is 0. The Labute approximate surface area is 57.2 Å². The van der Waals surface area contributed by atoms with Crippen LogP contribution in [-0.2, 0) is 4.74 Å². The summed E-state index contributed by atoms with van der Waals surface area (Å²) >= 11 is 0. The highest BCUT2D eigenvalue weighted by atomic mass is 35.5. The number of hydrogen-bond donors (Lipinski definition) is 0. The van der Waals surface area contributed by atoms with Crippen molar-refractivity contribution in [2.24, 2.45) is 0 Å². The predicted molar refractivity (Wildman–Crippen MR) is 37.7 cm³/mol. The summed E-state index contributed by atoms with van der Waals surface area (Å²) in [6, 6.07) is 0. The molecule has 0 saturated carbocycles. The third kappa shape index (κ3) is 115. The summed E-state index contributed by atoms with van der Waals surface area (Å²) in [7, 11) is 6.00. The van der Waals surface area contributed by atoms with Crippen molar-refractivity contribution in [2.45, 2.75) is 0 Å². The Morgan fingerprint density at radius 1 is 1.12 bits per heavy atom. The van der Waals surface area contributed by atoms with Crippen molar-refractivity contribution < 1.29 is 4.74 Å². The van der Waals surface area contributed by atoms with Crippen LogP contribution >= 0.6 is 12.4 Å². The zero-order valence-electron chi connectivity index (χ0n) is 5.68. The first-order valence-corrected chi connectivity index (χ1v) is 2.42. The summed E-state index contributed by atoms with van der Waals surface area (Å²) in [4.78, 5) is 2.00. The van der Waals surface area contributed by atoms with Gasteiger partial charge in [-0.3, -0.25) is 0 Å². The molecule has 52 valence electrons. The minimum atomic E-state index is 0. The van der Waals surface area contributed by atoms with Crippen molar-refractivity contribution in [1.29, 1.82) is 0 Å². The highest BCUT2D eigenvalue weighted by molar-refractivity contribution is 5.85. The van der Waals surface area contributed by atoms with Gasteiger partial charge in [0.1, 0.15) is 0 Å². The quantitative estimate of drug-likeness (QED) is 0.458. The summed E-state index contributed by atoms with van der Waals surface area (Å²) in [5, 5.41) is 0. The molecule has 0 aliphatic carbocycles. The normalized spacial score (nSPS) is 13.5. The van der Waals surface area contributed by atoms with Crippen LogP contribution in [0.4, 0.5) is 0 Å². The third-order valence-electron chi connectivity index (χ3n) is 0.204. The molecule has 1 heterocycles.